The Morgan fingerprint density at radius 1 is 1.16 bits per heavy atom. The number of anilines is 1. The maximum absolute atomic E-state index is 13.5. The molecule has 0 bridgehead atoms. The summed E-state index contributed by atoms with van der Waals surface area (Å²) in [5, 5.41) is 8.58. The van der Waals surface area contributed by atoms with Crippen LogP contribution in [0.5, 0.6) is 0 Å². The fourth-order valence-corrected chi connectivity index (χ4v) is 3.55. The summed E-state index contributed by atoms with van der Waals surface area (Å²) in [6, 6.07) is 10.1. The molecule has 2 heterocycles. The molecule has 1 atom stereocenters. The van der Waals surface area contributed by atoms with Crippen LogP contribution >= 0.6 is 11.5 Å². The Morgan fingerprint density at radius 2 is 1.87 bits per heavy atom. The molecule has 0 radical (unpaired) electrons. The van der Waals surface area contributed by atoms with Gasteiger partial charge in [0.1, 0.15) is 11.5 Å². The van der Waals surface area contributed by atoms with Gasteiger partial charge < -0.3 is 9.73 Å². The minimum absolute atomic E-state index is 0.181. The van der Waals surface area contributed by atoms with E-state index < -0.39 is 17.5 Å². The van der Waals surface area contributed by atoms with Gasteiger partial charge in [0.05, 0.1) is 0 Å². The van der Waals surface area contributed by atoms with Crippen molar-refractivity contribution in [3.63, 3.8) is 0 Å². The Hall–Kier alpha value is -3.00. The SMILES string of the molecule is CCc1ccc(N(C(=O)c2csnn2)[C@H](C(=O)NC(C)(C)CC)c2ccc(C)o2)cc1. The Kier molecular flexibility index (Phi) is 6.90. The summed E-state index contributed by atoms with van der Waals surface area (Å²) >= 11 is 1.09. The molecule has 0 saturated heterocycles. The molecule has 1 aromatic carbocycles. The van der Waals surface area contributed by atoms with Crippen LogP contribution in [0.1, 0.15) is 67.7 Å². The van der Waals surface area contributed by atoms with Crippen molar-refractivity contribution in [2.75, 3.05) is 4.90 Å². The Labute approximate surface area is 186 Å². The van der Waals surface area contributed by atoms with Crippen LogP contribution in [0.15, 0.2) is 46.2 Å². The highest BCUT2D eigenvalue weighted by atomic mass is 32.1. The van der Waals surface area contributed by atoms with Crippen molar-refractivity contribution < 1.29 is 14.0 Å². The van der Waals surface area contributed by atoms with Crippen molar-refractivity contribution in [2.45, 2.75) is 59.0 Å². The number of carbonyl (C=O) groups excluding carboxylic acids is 2. The summed E-state index contributed by atoms with van der Waals surface area (Å²) in [5.41, 5.74) is 1.45. The second kappa shape index (κ2) is 9.43. The molecule has 0 aliphatic carbocycles. The lowest BCUT2D eigenvalue weighted by atomic mass is 10.00. The molecule has 0 unspecified atom stereocenters. The minimum atomic E-state index is -0.999. The molecule has 2 aromatic heterocycles. The lowest BCUT2D eigenvalue weighted by molar-refractivity contribution is -0.124. The van der Waals surface area contributed by atoms with Crippen LogP contribution in [0, 0.1) is 6.92 Å². The van der Waals surface area contributed by atoms with Crippen molar-refractivity contribution in [2.24, 2.45) is 0 Å². The highest BCUT2D eigenvalue weighted by Gasteiger charge is 2.38. The van der Waals surface area contributed by atoms with Crippen LogP contribution in [-0.2, 0) is 11.2 Å². The van der Waals surface area contributed by atoms with Gasteiger partial charge in [0.15, 0.2) is 11.7 Å². The van der Waals surface area contributed by atoms with E-state index in [1.165, 1.54) is 4.90 Å². The number of nitrogens with one attached hydrogen (secondary N) is 1. The van der Waals surface area contributed by atoms with Crippen molar-refractivity contribution >= 4 is 29.0 Å². The predicted octanol–water partition coefficient (Wildman–Crippen LogP) is 4.69. The van der Waals surface area contributed by atoms with Crippen molar-refractivity contribution in [3.8, 4) is 0 Å². The lowest BCUT2D eigenvalue weighted by Gasteiger charge is -2.33. The number of amides is 2. The molecule has 3 rings (SSSR count). The molecule has 0 saturated carbocycles. The summed E-state index contributed by atoms with van der Waals surface area (Å²) in [6.45, 7) is 9.76. The molecule has 2 amide bonds. The molecule has 0 aliphatic rings. The van der Waals surface area contributed by atoms with E-state index >= 15 is 0 Å². The van der Waals surface area contributed by atoms with E-state index in [-0.39, 0.29) is 11.6 Å². The highest BCUT2D eigenvalue weighted by molar-refractivity contribution is 7.03. The summed E-state index contributed by atoms with van der Waals surface area (Å²) in [7, 11) is 0. The van der Waals surface area contributed by atoms with Gasteiger partial charge >= 0.3 is 0 Å². The normalized spacial score (nSPS) is 12.4. The summed E-state index contributed by atoms with van der Waals surface area (Å²) in [5.74, 6) is 0.309. The monoisotopic (exact) mass is 440 g/mol. The number of hydrogen-bond acceptors (Lipinski definition) is 6. The van der Waals surface area contributed by atoms with Gasteiger partial charge in [0.25, 0.3) is 11.8 Å². The van der Waals surface area contributed by atoms with Gasteiger partial charge in [-0.1, -0.05) is 30.5 Å². The van der Waals surface area contributed by atoms with Crippen LogP contribution in [0.4, 0.5) is 5.69 Å². The number of rotatable bonds is 8. The maximum atomic E-state index is 13.5. The third-order valence-corrected chi connectivity index (χ3v) is 5.81. The first kappa shape index (κ1) is 22.7. The molecule has 0 spiro atoms. The number of aromatic nitrogens is 2. The average Bonchev–Trinajstić information content (AvgIpc) is 3.43. The molecule has 31 heavy (non-hydrogen) atoms. The number of benzene rings is 1. The second-order valence-corrected chi connectivity index (χ2v) is 8.67. The topological polar surface area (TPSA) is 88.3 Å². The fraction of sp³-hybridized carbons (Fsp3) is 0.391. The molecule has 164 valence electrons. The van der Waals surface area contributed by atoms with E-state index in [0.29, 0.717) is 17.2 Å². The van der Waals surface area contributed by atoms with Gasteiger partial charge in [-0.3, -0.25) is 14.5 Å². The van der Waals surface area contributed by atoms with Gasteiger partial charge in [0, 0.05) is 16.6 Å². The standard InChI is InChI=1S/C23H28N4O3S/c1-6-16-9-11-17(12-10-16)27(22(29)18-14-31-26-25-18)20(19-13-8-15(3)30-19)21(28)24-23(4,5)7-2/h8-14,20H,6-7H2,1-5H3,(H,24,28)/t20-/m0/s1. The first-order valence-electron chi connectivity index (χ1n) is 10.3. The van der Waals surface area contributed by atoms with Gasteiger partial charge in [-0.15, -0.1) is 5.10 Å². The molecular formula is C23H28N4O3S. The number of nitrogens with zero attached hydrogens (tertiary/aromatic N) is 3. The highest BCUT2D eigenvalue weighted by Crippen LogP contribution is 2.31. The van der Waals surface area contributed by atoms with Crippen LogP contribution in [-0.4, -0.2) is 26.9 Å². The van der Waals surface area contributed by atoms with Crippen molar-refractivity contribution in [3.05, 3.63) is 64.6 Å². The van der Waals surface area contributed by atoms with E-state index in [1.54, 1.807) is 24.4 Å². The van der Waals surface area contributed by atoms with E-state index in [0.717, 1.165) is 29.9 Å². The fourth-order valence-electron chi connectivity index (χ4n) is 3.12. The summed E-state index contributed by atoms with van der Waals surface area (Å²) in [6.07, 6.45) is 1.61. The predicted molar refractivity (Wildman–Crippen MR) is 121 cm³/mol. The van der Waals surface area contributed by atoms with Gasteiger partial charge in [-0.05, 0) is 75.0 Å². The third kappa shape index (κ3) is 5.19. The molecule has 0 fully saturated rings. The number of hydrogen-bond donors (Lipinski definition) is 1. The molecule has 1 N–H and O–H groups in total. The van der Waals surface area contributed by atoms with Crippen LogP contribution < -0.4 is 10.2 Å². The van der Waals surface area contributed by atoms with Gasteiger partial charge in [-0.25, -0.2) is 0 Å². The summed E-state index contributed by atoms with van der Waals surface area (Å²) < 4.78 is 9.66. The minimum Gasteiger partial charge on any atom is -0.464 e. The number of furan rings is 1. The zero-order valence-electron chi connectivity index (χ0n) is 18.5. The number of carbonyl (C=O) groups is 2. The molecule has 8 heteroatoms. The average molecular weight is 441 g/mol. The Bertz CT molecular complexity index is 1030. The largest absolute Gasteiger partial charge is 0.464 e. The number of aryl methyl sites for hydroxylation is 2. The van der Waals surface area contributed by atoms with E-state index in [2.05, 4.69) is 21.8 Å². The lowest BCUT2D eigenvalue weighted by Crippen LogP contribution is -2.50. The van der Waals surface area contributed by atoms with Crippen LogP contribution in [0.25, 0.3) is 0 Å². The van der Waals surface area contributed by atoms with Gasteiger partial charge in [0.2, 0.25) is 0 Å². The molecule has 7 nitrogen and oxygen atoms in total. The zero-order valence-corrected chi connectivity index (χ0v) is 19.3. The van der Waals surface area contributed by atoms with Crippen LogP contribution in [0.2, 0.25) is 0 Å². The second-order valence-electron chi connectivity index (χ2n) is 8.06. The molecular weight excluding hydrogens is 412 g/mol. The first-order chi connectivity index (χ1) is 14.8. The third-order valence-electron chi connectivity index (χ3n) is 5.30. The van der Waals surface area contributed by atoms with Crippen molar-refractivity contribution in [1.29, 1.82) is 0 Å². The zero-order chi connectivity index (χ0) is 22.6. The quantitative estimate of drug-likeness (QED) is 0.549. The van der Waals surface area contributed by atoms with E-state index in [4.69, 9.17) is 4.42 Å². The first-order valence-corrected chi connectivity index (χ1v) is 11.2. The smallest absolute Gasteiger partial charge is 0.280 e. The van der Waals surface area contributed by atoms with Crippen LogP contribution in [0.3, 0.4) is 0 Å². The molecule has 3 aromatic rings. The Balaban J connectivity index is 2.13. The van der Waals surface area contributed by atoms with Gasteiger partial charge in [-0.2, -0.15) is 0 Å². The van der Waals surface area contributed by atoms with E-state index in [9.17, 15) is 9.59 Å². The molecule has 0 aliphatic heterocycles. The maximum Gasteiger partial charge on any atom is 0.280 e. The Morgan fingerprint density at radius 3 is 2.39 bits per heavy atom. The van der Waals surface area contributed by atoms with E-state index in [1.807, 2.05) is 45.0 Å². The summed E-state index contributed by atoms with van der Waals surface area (Å²) in [4.78, 5) is 28.5. The van der Waals surface area contributed by atoms with Crippen molar-refractivity contribution in [1.82, 2.24) is 14.9 Å².